The molecule has 7 nitrogen and oxygen atoms in total. The van der Waals surface area contributed by atoms with Gasteiger partial charge in [0.1, 0.15) is 5.75 Å². The lowest BCUT2D eigenvalue weighted by Crippen LogP contribution is -2.19. The Kier molecular flexibility index (Phi) is 3.88. The lowest BCUT2D eigenvalue weighted by Gasteiger charge is -2.19. The van der Waals surface area contributed by atoms with E-state index in [0.29, 0.717) is 11.9 Å². The van der Waals surface area contributed by atoms with Gasteiger partial charge in [-0.1, -0.05) is 6.07 Å². The number of hydrogen-bond donors (Lipinski definition) is 1. The average Bonchev–Trinajstić information content (AvgIpc) is 2.45. The predicted molar refractivity (Wildman–Crippen MR) is 79.6 cm³/mol. The van der Waals surface area contributed by atoms with Crippen LogP contribution in [0.2, 0.25) is 0 Å². The Hall–Kier alpha value is -2.57. The van der Waals surface area contributed by atoms with E-state index in [1.54, 1.807) is 12.0 Å². The molecular formula is C13H18N6O. The molecule has 1 aromatic carbocycles. The van der Waals surface area contributed by atoms with Crippen LogP contribution in [0.3, 0.4) is 0 Å². The smallest absolute Gasteiger partial charge is 0.236 e. The zero-order valence-electron chi connectivity index (χ0n) is 12.0. The second-order valence-electron chi connectivity index (χ2n) is 4.45. The summed E-state index contributed by atoms with van der Waals surface area (Å²) in [6.07, 6.45) is 0. The minimum absolute atomic E-state index is 0.188. The Morgan fingerprint density at radius 2 is 1.75 bits per heavy atom. The first-order valence-corrected chi connectivity index (χ1v) is 6.08. The van der Waals surface area contributed by atoms with Crippen molar-refractivity contribution in [3.05, 3.63) is 24.3 Å². The van der Waals surface area contributed by atoms with E-state index in [9.17, 15) is 0 Å². The fourth-order valence-electron chi connectivity index (χ4n) is 1.65. The van der Waals surface area contributed by atoms with Gasteiger partial charge >= 0.3 is 0 Å². The van der Waals surface area contributed by atoms with E-state index in [4.69, 9.17) is 10.5 Å². The molecular weight excluding hydrogens is 256 g/mol. The maximum atomic E-state index is 5.73. The molecule has 0 aliphatic carbocycles. The van der Waals surface area contributed by atoms with Crippen molar-refractivity contribution < 1.29 is 4.74 Å². The summed E-state index contributed by atoms with van der Waals surface area (Å²) in [5.74, 6) is 1.95. The molecule has 2 rings (SSSR count). The number of nitrogen functional groups attached to an aromatic ring is 1. The molecule has 0 fully saturated rings. The second kappa shape index (κ2) is 5.60. The quantitative estimate of drug-likeness (QED) is 0.899. The van der Waals surface area contributed by atoms with E-state index >= 15 is 0 Å². The van der Waals surface area contributed by atoms with E-state index in [0.717, 1.165) is 11.4 Å². The van der Waals surface area contributed by atoms with Crippen molar-refractivity contribution in [1.82, 2.24) is 15.0 Å². The molecule has 0 aliphatic rings. The lowest BCUT2D eigenvalue weighted by atomic mass is 10.3. The van der Waals surface area contributed by atoms with Crippen LogP contribution in [0.4, 0.5) is 23.5 Å². The molecule has 0 unspecified atom stereocenters. The molecule has 2 aromatic rings. The van der Waals surface area contributed by atoms with Gasteiger partial charge in [-0.3, -0.25) is 0 Å². The molecule has 7 heteroatoms. The number of aromatic nitrogens is 3. The second-order valence-corrected chi connectivity index (χ2v) is 4.45. The number of benzene rings is 1. The summed E-state index contributed by atoms with van der Waals surface area (Å²) in [4.78, 5) is 16.2. The summed E-state index contributed by atoms with van der Waals surface area (Å²) in [6.45, 7) is 0. The Bertz CT molecular complexity index is 601. The normalized spacial score (nSPS) is 10.2. The van der Waals surface area contributed by atoms with Gasteiger partial charge in [0.25, 0.3) is 0 Å². The van der Waals surface area contributed by atoms with Crippen LogP contribution in [0.1, 0.15) is 0 Å². The number of methoxy groups -OCH3 is 1. The molecule has 0 saturated heterocycles. The van der Waals surface area contributed by atoms with Crippen LogP contribution in [0.15, 0.2) is 24.3 Å². The molecule has 0 amide bonds. The van der Waals surface area contributed by atoms with Gasteiger partial charge in [-0.15, -0.1) is 0 Å². The molecule has 20 heavy (non-hydrogen) atoms. The molecule has 0 saturated carbocycles. The van der Waals surface area contributed by atoms with Crippen molar-refractivity contribution in [2.24, 2.45) is 0 Å². The number of rotatable bonds is 4. The first-order chi connectivity index (χ1) is 9.51. The largest absolute Gasteiger partial charge is 0.497 e. The van der Waals surface area contributed by atoms with Crippen LogP contribution in [-0.2, 0) is 0 Å². The summed E-state index contributed by atoms with van der Waals surface area (Å²) in [5, 5.41) is 0. The van der Waals surface area contributed by atoms with Crippen LogP contribution in [0, 0.1) is 0 Å². The number of ether oxygens (including phenoxy) is 1. The van der Waals surface area contributed by atoms with Crippen molar-refractivity contribution >= 4 is 23.5 Å². The fraction of sp³-hybridized carbons (Fsp3) is 0.308. The Morgan fingerprint density at radius 3 is 2.40 bits per heavy atom. The molecule has 2 N–H and O–H groups in total. The number of anilines is 4. The van der Waals surface area contributed by atoms with E-state index < -0.39 is 0 Å². The highest BCUT2D eigenvalue weighted by atomic mass is 16.5. The topological polar surface area (TPSA) is 80.4 Å². The minimum atomic E-state index is 0.188. The third-order valence-corrected chi connectivity index (χ3v) is 2.77. The van der Waals surface area contributed by atoms with Gasteiger partial charge in [-0.2, -0.15) is 15.0 Å². The summed E-state index contributed by atoms with van der Waals surface area (Å²) in [6, 6.07) is 7.62. The minimum Gasteiger partial charge on any atom is -0.497 e. The van der Waals surface area contributed by atoms with Crippen LogP contribution < -0.4 is 20.3 Å². The fourth-order valence-corrected chi connectivity index (χ4v) is 1.65. The highest BCUT2D eigenvalue weighted by Gasteiger charge is 2.12. The maximum absolute atomic E-state index is 5.73. The lowest BCUT2D eigenvalue weighted by molar-refractivity contribution is 0.415. The summed E-state index contributed by atoms with van der Waals surface area (Å²) >= 11 is 0. The van der Waals surface area contributed by atoms with Crippen molar-refractivity contribution in [2.45, 2.75) is 0 Å². The van der Waals surface area contributed by atoms with Gasteiger partial charge in [-0.05, 0) is 12.1 Å². The van der Waals surface area contributed by atoms with Gasteiger partial charge in [0.15, 0.2) is 0 Å². The van der Waals surface area contributed by atoms with Gasteiger partial charge < -0.3 is 20.3 Å². The van der Waals surface area contributed by atoms with Crippen LogP contribution in [0.25, 0.3) is 0 Å². The molecule has 0 spiro atoms. The highest BCUT2D eigenvalue weighted by molar-refractivity contribution is 5.60. The third kappa shape index (κ3) is 2.87. The van der Waals surface area contributed by atoms with Crippen molar-refractivity contribution in [1.29, 1.82) is 0 Å². The first kappa shape index (κ1) is 13.9. The number of nitrogens with two attached hydrogens (primary N) is 1. The van der Waals surface area contributed by atoms with E-state index in [1.165, 1.54) is 0 Å². The highest BCUT2D eigenvalue weighted by Crippen LogP contribution is 2.25. The Morgan fingerprint density at radius 1 is 1.05 bits per heavy atom. The van der Waals surface area contributed by atoms with Gasteiger partial charge in [0.2, 0.25) is 17.8 Å². The number of hydrogen-bond acceptors (Lipinski definition) is 7. The average molecular weight is 274 g/mol. The van der Waals surface area contributed by atoms with Crippen LogP contribution in [-0.4, -0.2) is 43.2 Å². The Labute approximate surface area is 118 Å². The molecule has 0 aliphatic heterocycles. The molecule has 106 valence electrons. The molecule has 0 atom stereocenters. The zero-order chi connectivity index (χ0) is 14.7. The van der Waals surface area contributed by atoms with E-state index in [-0.39, 0.29) is 5.95 Å². The molecule has 0 radical (unpaired) electrons. The van der Waals surface area contributed by atoms with Gasteiger partial charge in [-0.25, -0.2) is 0 Å². The zero-order valence-corrected chi connectivity index (χ0v) is 12.0. The molecule has 0 bridgehead atoms. The standard InChI is InChI=1S/C13H18N6O/c1-18(2)12-15-11(14)16-13(17-12)19(3)9-6-5-7-10(8-9)20-4/h5-8H,1-4H3,(H2,14,15,16,17). The monoisotopic (exact) mass is 274 g/mol. The summed E-state index contributed by atoms with van der Waals surface area (Å²) < 4.78 is 5.21. The molecule has 1 heterocycles. The van der Waals surface area contributed by atoms with Gasteiger partial charge in [0.05, 0.1) is 7.11 Å². The maximum Gasteiger partial charge on any atom is 0.236 e. The Balaban J connectivity index is 2.39. The third-order valence-electron chi connectivity index (χ3n) is 2.77. The van der Waals surface area contributed by atoms with E-state index in [1.807, 2.05) is 50.3 Å². The molecule has 1 aromatic heterocycles. The van der Waals surface area contributed by atoms with Crippen molar-refractivity contribution in [2.75, 3.05) is 43.8 Å². The number of nitrogens with zero attached hydrogens (tertiary/aromatic N) is 5. The van der Waals surface area contributed by atoms with Crippen molar-refractivity contribution in [3.63, 3.8) is 0 Å². The SMILES string of the molecule is COc1cccc(N(C)c2nc(N)nc(N(C)C)n2)c1. The first-order valence-electron chi connectivity index (χ1n) is 6.08. The summed E-state index contributed by atoms with van der Waals surface area (Å²) in [7, 11) is 7.20. The van der Waals surface area contributed by atoms with Crippen LogP contribution >= 0.6 is 0 Å². The van der Waals surface area contributed by atoms with Crippen LogP contribution in [0.5, 0.6) is 5.75 Å². The van der Waals surface area contributed by atoms with Gasteiger partial charge in [0, 0.05) is 32.9 Å². The summed E-state index contributed by atoms with van der Waals surface area (Å²) in [5.41, 5.74) is 6.63. The predicted octanol–water partition coefficient (Wildman–Crippen LogP) is 1.30. The van der Waals surface area contributed by atoms with E-state index in [2.05, 4.69) is 15.0 Å². The van der Waals surface area contributed by atoms with Crippen molar-refractivity contribution in [3.8, 4) is 5.75 Å².